The molecule has 1 atom stereocenters. The van der Waals surface area contributed by atoms with Crippen molar-refractivity contribution in [3.63, 3.8) is 0 Å². The van der Waals surface area contributed by atoms with Crippen molar-refractivity contribution in [1.82, 2.24) is 9.80 Å². The van der Waals surface area contributed by atoms with E-state index in [1.165, 1.54) is 0 Å². The maximum atomic E-state index is 12.4. The molecule has 1 rings (SSSR count). The molecule has 1 unspecified atom stereocenters. The highest BCUT2D eigenvalue weighted by Crippen LogP contribution is 2.20. The van der Waals surface area contributed by atoms with Crippen molar-refractivity contribution in [2.24, 2.45) is 5.92 Å². The third-order valence-electron chi connectivity index (χ3n) is 3.36. The van der Waals surface area contributed by atoms with Gasteiger partial charge in [0, 0.05) is 32.6 Å². The SMILES string of the molecule is CCCN1CC(C(=O)N(CCC)CCC)CC1=O. The minimum Gasteiger partial charge on any atom is -0.342 e. The van der Waals surface area contributed by atoms with Gasteiger partial charge in [0.15, 0.2) is 0 Å². The van der Waals surface area contributed by atoms with Crippen LogP contribution in [0.25, 0.3) is 0 Å². The molecule has 0 N–H and O–H groups in total. The Morgan fingerprint density at radius 3 is 2.33 bits per heavy atom. The van der Waals surface area contributed by atoms with Crippen LogP contribution in [0.1, 0.15) is 46.5 Å². The van der Waals surface area contributed by atoms with Crippen LogP contribution in [0.3, 0.4) is 0 Å². The predicted octanol–water partition coefficient (Wildman–Crippen LogP) is 1.89. The molecule has 18 heavy (non-hydrogen) atoms. The Bertz CT molecular complexity index is 286. The van der Waals surface area contributed by atoms with Gasteiger partial charge in [0.05, 0.1) is 5.92 Å². The average Bonchev–Trinajstić information content (AvgIpc) is 2.70. The molecule has 0 saturated carbocycles. The van der Waals surface area contributed by atoms with Gasteiger partial charge in [0.1, 0.15) is 0 Å². The lowest BCUT2D eigenvalue weighted by Gasteiger charge is -2.24. The molecule has 1 saturated heterocycles. The summed E-state index contributed by atoms with van der Waals surface area (Å²) in [6, 6.07) is 0. The van der Waals surface area contributed by atoms with E-state index in [9.17, 15) is 9.59 Å². The highest BCUT2D eigenvalue weighted by molar-refractivity contribution is 5.89. The summed E-state index contributed by atoms with van der Waals surface area (Å²) in [5.74, 6) is 0.205. The van der Waals surface area contributed by atoms with Crippen molar-refractivity contribution in [2.45, 2.75) is 46.5 Å². The lowest BCUT2D eigenvalue weighted by molar-refractivity contribution is -0.136. The van der Waals surface area contributed by atoms with Crippen LogP contribution in [0.2, 0.25) is 0 Å². The molecule has 0 aromatic carbocycles. The summed E-state index contributed by atoms with van der Waals surface area (Å²) in [5.41, 5.74) is 0. The van der Waals surface area contributed by atoms with Gasteiger partial charge in [-0.25, -0.2) is 0 Å². The summed E-state index contributed by atoms with van der Waals surface area (Å²) < 4.78 is 0. The molecule has 0 aromatic rings. The number of hydrogen-bond acceptors (Lipinski definition) is 2. The van der Waals surface area contributed by atoms with Crippen LogP contribution in [0.5, 0.6) is 0 Å². The van der Waals surface area contributed by atoms with E-state index in [0.29, 0.717) is 13.0 Å². The summed E-state index contributed by atoms with van der Waals surface area (Å²) in [4.78, 5) is 27.9. The van der Waals surface area contributed by atoms with E-state index < -0.39 is 0 Å². The van der Waals surface area contributed by atoms with Crippen LogP contribution in [-0.4, -0.2) is 47.8 Å². The number of rotatable bonds is 7. The van der Waals surface area contributed by atoms with Crippen molar-refractivity contribution in [3.8, 4) is 0 Å². The molecule has 0 aromatic heterocycles. The second-order valence-electron chi connectivity index (χ2n) is 5.07. The molecule has 0 spiro atoms. The molecular formula is C14H26N2O2. The van der Waals surface area contributed by atoms with Gasteiger partial charge < -0.3 is 9.80 Å². The van der Waals surface area contributed by atoms with Gasteiger partial charge in [-0.2, -0.15) is 0 Å². The van der Waals surface area contributed by atoms with Crippen LogP contribution in [0.4, 0.5) is 0 Å². The number of amides is 2. The van der Waals surface area contributed by atoms with Gasteiger partial charge in [-0.3, -0.25) is 9.59 Å². The fourth-order valence-electron chi connectivity index (χ4n) is 2.55. The summed E-state index contributed by atoms with van der Waals surface area (Å²) in [6.45, 7) is 9.25. The minimum atomic E-state index is -0.109. The van der Waals surface area contributed by atoms with Gasteiger partial charge in [0.25, 0.3) is 0 Å². The summed E-state index contributed by atoms with van der Waals surface area (Å²) in [7, 11) is 0. The zero-order valence-corrected chi connectivity index (χ0v) is 11.9. The number of nitrogens with zero attached hydrogens (tertiary/aromatic N) is 2. The molecular weight excluding hydrogens is 228 g/mol. The monoisotopic (exact) mass is 254 g/mol. The van der Waals surface area contributed by atoms with E-state index in [4.69, 9.17) is 0 Å². The second-order valence-corrected chi connectivity index (χ2v) is 5.07. The molecule has 0 aliphatic carbocycles. The quantitative estimate of drug-likeness (QED) is 0.696. The average molecular weight is 254 g/mol. The van der Waals surface area contributed by atoms with E-state index in [1.807, 2.05) is 9.80 Å². The van der Waals surface area contributed by atoms with E-state index in [-0.39, 0.29) is 17.7 Å². The first-order valence-corrected chi connectivity index (χ1v) is 7.20. The fourth-order valence-corrected chi connectivity index (χ4v) is 2.55. The van der Waals surface area contributed by atoms with Gasteiger partial charge >= 0.3 is 0 Å². The normalized spacial score (nSPS) is 19.4. The fraction of sp³-hybridized carbons (Fsp3) is 0.857. The Balaban J connectivity index is 2.58. The smallest absolute Gasteiger partial charge is 0.227 e. The van der Waals surface area contributed by atoms with Gasteiger partial charge in [0.2, 0.25) is 11.8 Å². The lowest BCUT2D eigenvalue weighted by Crippen LogP contribution is -2.38. The maximum absolute atomic E-state index is 12.4. The van der Waals surface area contributed by atoms with Crippen molar-refractivity contribution in [2.75, 3.05) is 26.2 Å². The molecule has 4 heteroatoms. The molecule has 0 radical (unpaired) electrons. The van der Waals surface area contributed by atoms with Crippen molar-refractivity contribution in [1.29, 1.82) is 0 Å². The van der Waals surface area contributed by atoms with Crippen LogP contribution >= 0.6 is 0 Å². The molecule has 0 bridgehead atoms. The lowest BCUT2D eigenvalue weighted by atomic mass is 10.1. The van der Waals surface area contributed by atoms with Crippen LogP contribution in [0.15, 0.2) is 0 Å². The van der Waals surface area contributed by atoms with Gasteiger partial charge in [-0.1, -0.05) is 20.8 Å². The highest BCUT2D eigenvalue weighted by Gasteiger charge is 2.35. The molecule has 4 nitrogen and oxygen atoms in total. The largest absolute Gasteiger partial charge is 0.342 e. The van der Waals surface area contributed by atoms with Crippen LogP contribution in [0, 0.1) is 5.92 Å². The number of hydrogen-bond donors (Lipinski definition) is 0. The zero-order chi connectivity index (χ0) is 13.5. The Morgan fingerprint density at radius 2 is 1.83 bits per heavy atom. The highest BCUT2D eigenvalue weighted by atomic mass is 16.2. The van der Waals surface area contributed by atoms with Gasteiger partial charge in [-0.15, -0.1) is 0 Å². The first kappa shape index (κ1) is 15.0. The van der Waals surface area contributed by atoms with E-state index >= 15 is 0 Å². The molecule has 1 fully saturated rings. The van der Waals surface area contributed by atoms with E-state index in [1.54, 1.807) is 0 Å². The van der Waals surface area contributed by atoms with Crippen LogP contribution in [-0.2, 0) is 9.59 Å². The third kappa shape index (κ3) is 3.72. The second kappa shape index (κ2) is 7.39. The van der Waals surface area contributed by atoms with E-state index in [0.717, 1.165) is 38.9 Å². The number of likely N-dealkylation sites (tertiary alicyclic amines) is 1. The van der Waals surface area contributed by atoms with Crippen molar-refractivity contribution >= 4 is 11.8 Å². The number of carbonyl (C=O) groups is 2. The topological polar surface area (TPSA) is 40.6 Å². The minimum absolute atomic E-state index is 0.109. The Hall–Kier alpha value is -1.06. The first-order valence-electron chi connectivity index (χ1n) is 7.20. The molecule has 104 valence electrons. The summed E-state index contributed by atoms with van der Waals surface area (Å²) in [5, 5.41) is 0. The zero-order valence-electron chi connectivity index (χ0n) is 11.9. The third-order valence-corrected chi connectivity index (χ3v) is 3.36. The molecule has 2 amide bonds. The van der Waals surface area contributed by atoms with Gasteiger partial charge in [-0.05, 0) is 19.3 Å². The van der Waals surface area contributed by atoms with Crippen molar-refractivity contribution in [3.05, 3.63) is 0 Å². The predicted molar refractivity (Wildman–Crippen MR) is 72.1 cm³/mol. The van der Waals surface area contributed by atoms with Crippen LogP contribution < -0.4 is 0 Å². The first-order chi connectivity index (χ1) is 8.63. The Morgan fingerprint density at radius 1 is 1.22 bits per heavy atom. The molecule has 1 aliphatic heterocycles. The Labute approximate surface area is 110 Å². The summed E-state index contributed by atoms with van der Waals surface area (Å²) in [6.07, 6.45) is 3.32. The molecule has 1 heterocycles. The maximum Gasteiger partial charge on any atom is 0.227 e. The molecule has 1 aliphatic rings. The standard InChI is InChI=1S/C14H26N2O2/c1-4-7-15(8-5-2)14(18)12-10-13(17)16(11-12)9-6-3/h12H,4-11H2,1-3H3. The number of carbonyl (C=O) groups excluding carboxylic acids is 2. The summed E-state index contributed by atoms with van der Waals surface area (Å²) >= 11 is 0. The van der Waals surface area contributed by atoms with Crippen molar-refractivity contribution < 1.29 is 9.59 Å². The Kier molecular flexibility index (Phi) is 6.16. The van der Waals surface area contributed by atoms with E-state index in [2.05, 4.69) is 20.8 Å².